The van der Waals surface area contributed by atoms with E-state index < -0.39 is 0 Å². The van der Waals surface area contributed by atoms with Crippen LogP contribution in [0.5, 0.6) is 5.75 Å². The first kappa shape index (κ1) is 13.7. The van der Waals surface area contributed by atoms with Gasteiger partial charge >= 0.3 is 0 Å². The summed E-state index contributed by atoms with van der Waals surface area (Å²) < 4.78 is 5.02. The van der Waals surface area contributed by atoms with E-state index in [1.54, 1.807) is 6.20 Å². The molecule has 1 aromatic heterocycles. The Morgan fingerprint density at radius 3 is 2.47 bits per heavy atom. The highest BCUT2D eigenvalue weighted by Crippen LogP contribution is 2.34. The maximum absolute atomic E-state index is 12.1. The van der Waals surface area contributed by atoms with E-state index in [1.165, 1.54) is 19.2 Å². The smallest absolute Gasteiger partial charge is 0.256 e. The summed E-state index contributed by atoms with van der Waals surface area (Å²) >= 11 is 12.0. The van der Waals surface area contributed by atoms with E-state index in [-0.39, 0.29) is 16.0 Å². The molecule has 2 rings (SSSR count). The van der Waals surface area contributed by atoms with Crippen molar-refractivity contribution in [3.63, 3.8) is 0 Å². The van der Waals surface area contributed by atoms with Crippen LogP contribution in [0.1, 0.15) is 15.9 Å². The number of hydrogen-bond acceptors (Lipinski definition) is 3. The molecule has 2 aromatic rings. The molecule has 0 aliphatic rings. The highest BCUT2D eigenvalue weighted by molar-refractivity contribution is 6.37. The number of aromatic amines is 1. The van der Waals surface area contributed by atoms with Crippen LogP contribution in [0.4, 0.5) is 5.82 Å². The van der Waals surface area contributed by atoms with E-state index in [1.807, 2.05) is 6.92 Å². The van der Waals surface area contributed by atoms with Crippen LogP contribution in [0.3, 0.4) is 0 Å². The van der Waals surface area contributed by atoms with Crippen molar-refractivity contribution in [2.75, 3.05) is 12.4 Å². The first-order valence-corrected chi connectivity index (χ1v) is 6.13. The molecule has 19 heavy (non-hydrogen) atoms. The van der Waals surface area contributed by atoms with Crippen LogP contribution >= 0.6 is 23.2 Å². The molecule has 0 saturated carbocycles. The number of amides is 1. The molecule has 0 aliphatic heterocycles. The highest BCUT2D eigenvalue weighted by Gasteiger charge is 2.14. The number of benzene rings is 1. The molecule has 0 unspecified atom stereocenters. The molecule has 7 heteroatoms. The van der Waals surface area contributed by atoms with E-state index in [0.717, 1.165) is 5.56 Å². The van der Waals surface area contributed by atoms with E-state index >= 15 is 0 Å². The van der Waals surface area contributed by atoms with Crippen LogP contribution in [0, 0.1) is 6.92 Å². The van der Waals surface area contributed by atoms with Crippen LogP contribution < -0.4 is 10.1 Å². The molecule has 0 radical (unpaired) electrons. The largest absolute Gasteiger partial charge is 0.494 e. The normalized spacial score (nSPS) is 10.3. The van der Waals surface area contributed by atoms with Gasteiger partial charge in [-0.1, -0.05) is 23.2 Å². The number of nitrogens with one attached hydrogen (secondary N) is 2. The van der Waals surface area contributed by atoms with Gasteiger partial charge in [0.2, 0.25) is 0 Å². The number of hydrogen-bond donors (Lipinski definition) is 2. The molecule has 1 amide bonds. The average molecular weight is 300 g/mol. The molecule has 5 nitrogen and oxygen atoms in total. The second-order valence-electron chi connectivity index (χ2n) is 3.86. The average Bonchev–Trinajstić information content (AvgIpc) is 2.74. The number of carbonyl (C=O) groups is 1. The van der Waals surface area contributed by atoms with Gasteiger partial charge in [0, 0.05) is 11.1 Å². The van der Waals surface area contributed by atoms with E-state index in [2.05, 4.69) is 15.5 Å². The number of aryl methyl sites for hydroxylation is 1. The van der Waals surface area contributed by atoms with Crippen LogP contribution in [-0.2, 0) is 0 Å². The fourth-order valence-electron chi connectivity index (χ4n) is 1.54. The lowest BCUT2D eigenvalue weighted by Crippen LogP contribution is -2.13. The van der Waals surface area contributed by atoms with Gasteiger partial charge in [-0.2, -0.15) is 5.10 Å². The fourth-order valence-corrected chi connectivity index (χ4v) is 2.19. The lowest BCUT2D eigenvalue weighted by atomic mass is 10.2. The quantitative estimate of drug-likeness (QED) is 0.914. The molecule has 1 heterocycles. The zero-order valence-corrected chi connectivity index (χ0v) is 11.8. The number of anilines is 1. The topological polar surface area (TPSA) is 67.0 Å². The molecule has 1 aromatic carbocycles. The number of halogens is 2. The molecule has 0 bridgehead atoms. The van der Waals surface area contributed by atoms with Crippen molar-refractivity contribution in [1.29, 1.82) is 0 Å². The molecule has 0 atom stereocenters. The number of methoxy groups -OCH3 is 1. The Kier molecular flexibility index (Phi) is 3.97. The van der Waals surface area contributed by atoms with Crippen molar-refractivity contribution in [2.45, 2.75) is 6.92 Å². The number of nitrogens with zero attached hydrogens (tertiary/aromatic N) is 1. The molecular formula is C12H11Cl2N3O2. The van der Waals surface area contributed by atoms with Gasteiger partial charge in [0.1, 0.15) is 5.82 Å². The minimum atomic E-state index is -0.334. The molecule has 100 valence electrons. The second kappa shape index (κ2) is 5.50. The van der Waals surface area contributed by atoms with Crippen molar-refractivity contribution in [2.24, 2.45) is 0 Å². The van der Waals surface area contributed by atoms with Gasteiger partial charge in [-0.3, -0.25) is 9.89 Å². The number of ether oxygens (including phenoxy) is 1. The predicted octanol–water partition coefficient (Wildman–Crippen LogP) is 3.29. The Morgan fingerprint density at radius 2 is 2.00 bits per heavy atom. The number of rotatable bonds is 3. The van der Waals surface area contributed by atoms with Crippen molar-refractivity contribution >= 4 is 34.9 Å². The monoisotopic (exact) mass is 299 g/mol. The summed E-state index contributed by atoms with van der Waals surface area (Å²) in [5.41, 5.74) is 1.17. The predicted molar refractivity (Wildman–Crippen MR) is 74.3 cm³/mol. The van der Waals surface area contributed by atoms with Gasteiger partial charge in [-0.25, -0.2) is 0 Å². The fraction of sp³-hybridized carbons (Fsp3) is 0.167. The summed E-state index contributed by atoms with van der Waals surface area (Å²) in [6, 6.07) is 2.99. The maximum Gasteiger partial charge on any atom is 0.256 e. The lowest BCUT2D eigenvalue weighted by molar-refractivity contribution is 0.102. The SMILES string of the molecule is COc1c(Cl)cc(C(=O)Nc2[nH]ncc2C)cc1Cl. The van der Waals surface area contributed by atoms with Gasteiger partial charge in [-0.05, 0) is 19.1 Å². The van der Waals surface area contributed by atoms with E-state index in [9.17, 15) is 4.79 Å². The minimum Gasteiger partial charge on any atom is -0.494 e. The molecule has 0 aliphatic carbocycles. The molecular weight excluding hydrogens is 289 g/mol. The number of aromatic nitrogens is 2. The number of H-pyrrole nitrogens is 1. The van der Waals surface area contributed by atoms with Gasteiger partial charge in [0.05, 0.1) is 23.4 Å². The summed E-state index contributed by atoms with van der Waals surface area (Å²) in [5.74, 6) is 0.546. The van der Waals surface area contributed by atoms with E-state index in [0.29, 0.717) is 17.1 Å². The van der Waals surface area contributed by atoms with Gasteiger partial charge < -0.3 is 10.1 Å². The third-order valence-corrected chi connectivity index (χ3v) is 3.09. The summed E-state index contributed by atoms with van der Waals surface area (Å²) in [4.78, 5) is 12.1. The van der Waals surface area contributed by atoms with Crippen molar-refractivity contribution in [1.82, 2.24) is 10.2 Å². The summed E-state index contributed by atoms with van der Waals surface area (Å²) in [7, 11) is 1.46. The zero-order chi connectivity index (χ0) is 14.0. The Bertz CT molecular complexity index is 602. The molecule has 0 saturated heterocycles. The van der Waals surface area contributed by atoms with Gasteiger partial charge in [0.25, 0.3) is 5.91 Å². The first-order chi connectivity index (χ1) is 9.02. The lowest BCUT2D eigenvalue weighted by Gasteiger charge is -2.09. The molecule has 0 spiro atoms. The third-order valence-electron chi connectivity index (χ3n) is 2.53. The van der Waals surface area contributed by atoms with Crippen molar-refractivity contribution in [3.05, 3.63) is 39.5 Å². The van der Waals surface area contributed by atoms with Crippen molar-refractivity contribution < 1.29 is 9.53 Å². The highest BCUT2D eigenvalue weighted by atomic mass is 35.5. The summed E-state index contributed by atoms with van der Waals surface area (Å²) in [6.07, 6.45) is 1.61. The second-order valence-corrected chi connectivity index (χ2v) is 4.67. The summed E-state index contributed by atoms with van der Waals surface area (Å²) in [6.45, 7) is 1.83. The minimum absolute atomic E-state index is 0.279. The first-order valence-electron chi connectivity index (χ1n) is 5.37. The Balaban J connectivity index is 2.27. The molecule has 2 N–H and O–H groups in total. The maximum atomic E-state index is 12.1. The van der Waals surface area contributed by atoms with Gasteiger partial charge in [0.15, 0.2) is 5.75 Å². The zero-order valence-electron chi connectivity index (χ0n) is 10.3. The Hall–Kier alpha value is -1.72. The number of carbonyl (C=O) groups excluding carboxylic acids is 1. The Morgan fingerprint density at radius 1 is 1.37 bits per heavy atom. The standard InChI is InChI=1S/C12H11Cl2N3O2/c1-6-5-15-17-11(6)16-12(18)7-3-8(13)10(19-2)9(14)4-7/h3-5H,1-2H3,(H2,15,16,17,18). The van der Waals surface area contributed by atoms with Crippen LogP contribution in [0.25, 0.3) is 0 Å². The third kappa shape index (κ3) is 2.83. The van der Waals surface area contributed by atoms with Crippen LogP contribution in [0.15, 0.2) is 18.3 Å². The van der Waals surface area contributed by atoms with E-state index in [4.69, 9.17) is 27.9 Å². The molecule has 0 fully saturated rings. The van der Waals surface area contributed by atoms with Gasteiger partial charge in [-0.15, -0.1) is 0 Å². The van der Waals surface area contributed by atoms with Crippen molar-refractivity contribution in [3.8, 4) is 5.75 Å². The van der Waals surface area contributed by atoms with Crippen LogP contribution in [-0.4, -0.2) is 23.2 Å². The Labute approximate surface area is 119 Å². The van der Waals surface area contributed by atoms with Crippen LogP contribution in [0.2, 0.25) is 10.0 Å². The summed E-state index contributed by atoms with van der Waals surface area (Å²) in [5, 5.41) is 9.75.